The van der Waals surface area contributed by atoms with Crippen molar-refractivity contribution in [2.75, 3.05) is 13.2 Å². The molecule has 5 heteroatoms. The maximum atomic E-state index is 12.8. The third-order valence-corrected chi connectivity index (χ3v) is 4.47. The third-order valence-electron chi connectivity index (χ3n) is 4.47. The van der Waals surface area contributed by atoms with Gasteiger partial charge in [0.1, 0.15) is 5.60 Å². The molecule has 138 valence electrons. The number of likely N-dealkylation sites (tertiary alicyclic amines) is 1. The van der Waals surface area contributed by atoms with Crippen LogP contribution in [0, 0.1) is 11.8 Å². The first kappa shape index (κ1) is 19.3. The van der Waals surface area contributed by atoms with E-state index in [0.29, 0.717) is 13.2 Å². The van der Waals surface area contributed by atoms with Gasteiger partial charge in [-0.1, -0.05) is 43.7 Å². The first-order chi connectivity index (χ1) is 11.8. The maximum Gasteiger partial charge on any atom is 0.410 e. The van der Waals surface area contributed by atoms with Crippen LogP contribution in [0.1, 0.15) is 52.6 Å². The van der Waals surface area contributed by atoms with E-state index in [-0.39, 0.29) is 29.9 Å². The first-order valence-electron chi connectivity index (χ1n) is 8.99. The van der Waals surface area contributed by atoms with Crippen molar-refractivity contribution < 1.29 is 19.1 Å². The van der Waals surface area contributed by atoms with Crippen LogP contribution in [0.25, 0.3) is 0 Å². The Bertz CT molecular complexity index is 593. The number of ether oxygens (including phenoxy) is 2. The topological polar surface area (TPSA) is 55.8 Å². The summed E-state index contributed by atoms with van der Waals surface area (Å²) < 4.78 is 10.9. The van der Waals surface area contributed by atoms with Crippen LogP contribution < -0.4 is 0 Å². The first-order valence-corrected chi connectivity index (χ1v) is 8.99. The van der Waals surface area contributed by atoms with Crippen LogP contribution in [0.5, 0.6) is 0 Å². The lowest BCUT2D eigenvalue weighted by Gasteiger charge is -2.30. The lowest BCUT2D eigenvalue weighted by atomic mass is 9.85. The molecular formula is C20H29NO4. The van der Waals surface area contributed by atoms with E-state index in [1.807, 2.05) is 58.0 Å². The van der Waals surface area contributed by atoms with Gasteiger partial charge in [-0.15, -0.1) is 0 Å². The van der Waals surface area contributed by atoms with Crippen LogP contribution in [0.4, 0.5) is 4.79 Å². The molecule has 3 atom stereocenters. The van der Waals surface area contributed by atoms with Gasteiger partial charge in [0.25, 0.3) is 0 Å². The van der Waals surface area contributed by atoms with E-state index in [9.17, 15) is 9.59 Å². The number of amides is 1. The zero-order chi connectivity index (χ0) is 18.6. The van der Waals surface area contributed by atoms with Crippen LogP contribution in [0.2, 0.25) is 0 Å². The minimum atomic E-state index is -0.581. The second-order valence-corrected chi connectivity index (χ2v) is 7.43. The van der Waals surface area contributed by atoms with Crippen molar-refractivity contribution in [3.63, 3.8) is 0 Å². The third kappa shape index (κ3) is 4.53. The van der Waals surface area contributed by atoms with Crippen molar-refractivity contribution in [2.45, 2.75) is 52.7 Å². The van der Waals surface area contributed by atoms with Crippen LogP contribution in [-0.4, -0.2) is 35.7 Å². The highest BCUT2D eigenvalue weighted by Crippen LogP contribution is 2.43. The van der Waals surface area contributed by atoms with Crippen LogP contribution in [0.15, 0.2) is 30.3 Å². The molecule has 0 N–H and O–H groups in total. The molecule has 1 heterocycles. The van der Waals surface area contributed by atoms with Crippen molar-refractivity contribution in [3.8, 4) is 0 Å². The predicted octanol–water partition coefficient (Wildman–Crippen LogP) is 4.18. The van der Waals surface area contributed by atoms with Gasteiger partial charge in [0.2, 0.25) is 0 Å². The summed E-state index contributed by atoms with van der Waals surface area (Å²) in [5.74, 6) is -0.564. The highest BCUT2D eigenvalue weighted by molar-refractivity contribution is 5.78. The van der Waals surface area contributed by atoms with Gasteiger partial charge in [-0.25, -0.2) is 4.79 Å². The van der Waals surface area contributed by atoms with E-state index >= 15 is 0 Å². The van der Waals surface area contributed by atoms with Crippen molar-refractivity contribution in [2.24, 2.45) is 11.8 Å². The molecule has 0 aromatic heterocycles. The zero-order valence-electron chi connectivity index (χ0n) is 15.8. The van der Waals surface area contributed by atoms with E-state index in [2.05, 4.69) is 0 Å². The molecule has 1 saturated heterocycles. The number of carbonyl (C=O) groups excluding carboxylic acids is 2. The highest BCUT2D eigenvalue weighted by Gasteiger charge is 2.49. The number of carbonyl (C=O) groups is 2. The summed E-state index contributed by atoms with van der Waals surface area (Å²) in [6.07, 6.45) is 0.415. The Morgan fingerprint density at radius 3 is 2.32 bits per heavy atom. The smallest absolute Gasteiger partial charge is 0.410 e. The number of nitrogens with zero attached hydrogens (tertiary/aromatic N) is 1. The molecule has 5 nitrogen and oxygen atoms in total. The van der Waals surface area contributed by atoms with Crippen LogP contribution in [-0.2, 0) is 14.3 Å². The molecule has 2 rings (SSSR count). The van der Waals surface area contributed by atoms with Crippen molar-refractivity contribution in [3.05, 3.63) is 35.9 Å². The molecule has 0 radical (unpaired) electrons. The maximum absolute atomic E-state index is 12.8. The number of rotatable bonds is 4. The quantitative estimate of drug-likeness (QED) is 0.767. The van der Waals surface area contributed by atoms with Crippen LogP contribution in [0.3, 0.4) is 0 Å². The molecule has 1 aromatic rings. The van der Waals surface area contributed by atoms with E-state index in [1.54, 1.807) is 11.8 Å². The number of hydrogen-bond donors (Lipinski definition) is 0. The summed E-state index contributed by atoms with van der Waals surface area (Å²) in [4.78, 5) is 27.1. The fourth-order valence-electron chi connectivity index (χ4n) is 3.42. The van der Waals surface area contributed by atoms with E-state index in [4.69, 9.17) is 9.47 Å². The van der Waals surface area contributed by atoms with Crippen molar-refractivity contribution in [1.29, 1.82) is 0 Å². The predicted molar refractivity (Wildman–Crippen MR) is 96.0 cm³/mol. The monoisotopic (exact) mass is 347 g/mol. The number of esters is 1. The van der Waals surface area contributed by atoms with Gasteiger partial charge in [0.15, 0.2) is 0 Å². The Labute approximate surface area is 150 Å². The summed E-state index contributed by atoms with van der Waals surface area (Å²) in [5, 5.41) is 0. The summed E-state index contributed by atoms with van der Waals surface area (Å²) in [6, 6.07) is 9.31. The lowest BCUT2D eigenvalue weighted by molar-refractivity contribution is -0.150. The molecule has 0 aliphatic carbocycles. The number of benzene rings is 1. The standard InChI is InChI=1S/C20H29NO4/c1-6-14-13-21(19(23)25-20(3,4)5)17(15-11-9-8-10-12-15)16(14)18(22)24-7-2/h8-12,14,16-17H,6-7,13H2,1-5H3/t14-,16-,17+/m1/s1. The Morgan fingerprint density at radius 2 is 1.80 bits per heavy atom. The van der Waals surface area contributed by atoms with Gasteiger partial charge >= 0.3 is 12.1 Å². The lowest BCUT2D eigenvalue weighted by Crippen LogP contribution is -2.38. The van der Waals surface area contributed by atoms with Gasteiger partial charge in [-0.3, -0.25) is 9.69 Å². The summed E-state index contributed by atoms with van der Waals surface area (Å²) in [6.45, 7) is 10.2. The molecule has 0 unspecified atom stereocenters. The minimum absolute atomic E-state index is 0.0526. The SMILES string of the molecule is CCOC(=O)[C@@H]1[C@H](CC)CN(C(=O)OC(C)(C)C)[C@H]1c1ccccc1. The Balaban J connectivity index is 2.40. The molecule has 25 heavy (non-hydrogen) atoms. The molecular weight excluding hydrogens is 318 g/mol. The Morgan fingerprint density at radius 1 is 1.16 bits per heavy atom. The average molecular weight is 347 g/mol. The van der Waals surface area contributed by atoms with E-state index in [1.165, 1.54) is 0 Å². The molecule has 0 saturated carbocycles. The number of hydrogen-bond acceptors (Lipinski definition) is 4. The van der Waals surface area contributed by atoms with E-state index < -0.39 is 5.60 Å². The van der Waals surface area contributed by atoms with Gasteiger partial charge in [-0.2, -0.15) is 0 Å². The normalized spacial score (nSPS) is 23.4. The van der Waals surface area contributed by atoms with Gasteiger partial charge in [-0.05, 0) is 39.2 Å². The molecule has 1 aliphatic heterocycles. The molecule has 1 fully saturated rings. The van der Waals surface area contributed by atoms with Gasteiger partial charge in [0, 0.05) is 6.54 Å². The van der Waals surface area contributed by atoms with Gasteiger partial charge in [0.05, 0.1) is 18.6 Å². The largest absolute Gasteiger partial charge is 0.466 e. The van der Waals surface area contributed by atoms with Crippen LogP contribution >= 0.6 is 0 Å². The van der Waals surface area contributed by atoms with E-state index in [0.717, 1.165) is 12.0 Å². The Kier molecular flexibility index (Phi) is 6.09. The fraction of sp³-hybridized carbons (Fsp3) is 0.600. The summed E-state index contributed by atoms with van der Waals surface area (Å²) in [5.41, 5.74) is 0.351. The Hall–Kier alpha value is -2.04. The molecule has 1 aromatic carbocycles. The van der Waals surface area contributed by atoms with Crippen molar-refractivity contribution >= 4 is 12.1 Å². The fourth-order valence-corrected chi connectivity index (χ4v) is 3.42. The van der Waals surface area contributed by atoms with Gasteiger partial charge < -0.3 is 9.47 Å². The second-order valence-electron chi connectivity index (χ2n) is 7.43. The summed E-state index contributed by atoms with van der Waals surface area (Å²) in [7, 11) is 0. The molecule has 1 amide bonds. The minimum Gasteiger partial charge on any atom is -0.466 e. The molecule has 0 bridgehead atoms. The average Bonchev–Trinajstić information content (AvgIpc) is 2.94. The second kappa shape index (κ2) is 7.89. The zero-order valence-corrected chi connectivity index (χ0v) is 15.8. The molecule has 1 aliphatic rings. The van der Waals surface area contributed by atoms with Crippen molar-refractivity contribution in [1.82, 2.24) is 4.90 Å². The summed E-state index contributed by atoms with van der Waals surface area (Å²) >= 11 is 0. The highest BCUT2D eigenvalue weighted by atomic mass is 16.6. The molecule has 0 spiro atoms.